The first-order valence-electron chi connectivity index (χ1n) is 9.10. The SMILES string of the molecule is CC[C@H](C)Nc1nc(NCc2cccc(OC)c2)cc(-c2cccnc2)n1. The number of rotatable bonds is 8. The summed E-state index contributed by atoms with van der Waals surface area (Å²) >= 11 is 0. The number of hydrogen-bond donors (Lipinski definition) is 2. The second kappa shape index (κ2) is 8.98. The van der Waals surface area contributed by atoms with Crippen LogP contribution in [-0.4, -0.2) is 28.1 Å². The number of benzene rings is 1. The number of ether oxygens (including phenoxy) is 1. The van der Waals surface area contributed by atoms with E-state index in [1.807, 2.05) is 36.4 Å². The zero-order valence-electron chi connectivity index (χ0n) is 15.9. The number of aromatic nitrogens is 3. The molecule has 0 fully saturated rings. The highest BCUT2D eigenvalue weighted by molar-refractivity contribution is 5.63. The largest absolute Gasteiger partial charge is 0.497 e. The van der Waals surface area contributed by atoms with Crippen LogP contribution >= 0.6 is 0 Å². The minimum Gasteiger partial charge on any atom is -0.497 e. The Labute approximate surface area is 160 Å². The molecule has 2 heterocycles. The minimum absolute atomic E-state index is 0.292. The summed E-state index contributed by atoms with van der Waals surface area (Å²) in [4.78, 5) is 13.5. The molecular formula is C21H25N5O. The summed E-state index contributed by atoms with van der Waals surface area (Å²) in [5.74, 6) is 2.21. The summed E-state index contributed by atoms with van der Waals surface area (Å²) < 4.78 is 5.29. The van der Waals surface area contributed by atoms with Crippen LogP contribution in [-0.2, 0) is 6.54 Å². The van der Waals surface area contributed by atoms with Gasteiger partial charge >= 0.3 is 0 Å². The Morgan fingerprint density at radius 1 is 1.11 bits per heavy atom. The van der Waals surface area contributed by atoms with Gasteiger partial charge in [0.25, 0.3) is 0 Å². The Morgan fingerprint density at radius 3 is 2.74 bits per heavy atom. The molecule has 0 amide bonds. The first-order chi connectivity index (χ1) is 13.2. The van der Waals surface area contributed by atoms with Gasteiger partial charge in [-0.15, -0.1) is 0 Å². The molecule has 6 nitrogen and oxygen atoms in total. The van der Waals surface area contributed by atoms with Crippen LogP contribution in [0.25, 0.3) is 11.3 Å². The molecule has 0 saturated heterocycles. The first kappa shape index (κ1) is 18.6. The smallest absolute Gasteiger partial charge is 0.225 e. The van der Waals surface area contributed by atoms with E-state index >= 15 is 0 Å². The summed E-state index contributed by atoms with van der Waals surface area (Å²) in [7, 11) is 1.67. The predicted octanol–water partition coefficient (Wildman–Crippen LogP) is 4.37. The molecule has 0 spiro atoms. The van der Waals surface area contributed by atoms with Crippen molar-refractivity contribution < 1.29 is 4.74 Å². The fourth-order valence-electron chi connectivity index (χ4n) is 2.56. The van der Waals surface area contributed by atoms with Crippen LogP contribution in [0.15, 0.2) is 54.9 Å². The number of nitrogens with one attached hydrogen (secondary N) is 2. The second-order valence-corrected chi connectivity index (χ2v) is 6.36. The average Bonchev–Trinajstić information content (AvgIpc) is 2.72. The van der Waals surface area contributed by atoms with E-state index < -0.39 is 0 Å². The lowest BCUT2D eigenvalue weighted by Crippen LogP contribution is -2.16. The van der Waals surface area contributed by atoms with Crippen molar-refractivity contribution >= 4 is 11.8 Å². The maximum atomic E-state index is 5.29. The van der Waals surface area contributed by atoms with E-state index in [2.05, 4.69) is 45.5 Å². The number of hydrogen-bond acceptors (Lipinski definition) is 6. The van der Waals surface area contributed by atoms with Crippen molar-refractivity contribution in [3.05, 3.63) is 60.4 Å². The standard InChI is InChI=1S/C21H25N5O/c1-4-15(2)24-21-25-19(17-8-6-10-22-14-17)12-20(26-21)23-13-16-7-5-9-18(11-16)27-3/h5-12,14-15H,4,13H2,1-3H3,(H2,23,24,25,26)/t15-/m0/s1. The Balaban J connectivity index is 1.85. The van der Waals surface area contributed by atoms with Crippen molar-refractivity contribution in [2.75, 3.05) is 17.7 Å². The molecular weight excluding hydrogens is 338 g/mol. The number of anilines is 2. The third-order valence-electron chi connectivity index (χ3n) is 4.28. The van der Waals surface area contributed by atoms with E-state index in [1.54, 1.807) is 19.5 Å². The van der Waals surface area contributed by atoms with Gasteiger partial charge in [-0.05, 0) is 43.2 Å². The van der Waals surface area contributed by atoms with E-state index in [-0.39, 0.29) is 0 Å². The number of pyridine rings is 1. The molecule has 2 aromatic heterocycles. The highest BCUT2D eigenvalue weighted by atomic mass is 16.5. The molecule has 0 radical (unpaired) electrons. The molecule has 0 aliphatic heterocycles. The number of methoxy groups -OCH3 is 1. The van der Waals surface area contributed by atoms with Gasteiger partial charge in [-0.1, -0.05) is 19.1 Å². The molecule has 140 valence electrons. The van der Waals surface area contributed by atoms with Gasteiger partial charge in [0.2, 0.25) is 5.95 Å². The van der Waals surface area contributed by atoms with Crippen LogP contribution in [0.4, 0.5) is 11.8 Å². The highest BCUT2D eigenvalue weighted by Gasteiger charge is 2.09. The van der Waals surface area contributed by atoms with Gasteiger partial charge in [-0.3, -0.25) is 4.98 Å². The molecule has 3 aromatic rings. The van der Waals surface area contributed by atoms with Crippen LogP contribution < -0.4 is 15.4 Å². The average molecular weight is 363 g/mol. The molecule has 1 atom stereocenters. The predicted molar refractivity (Wildman–Crippen MR) is 109 cm³/mol. The van der Waals surface area contributed by atoms with Gasteiger partial charge in [0.1, 0.15) is 11.6 Å². The summed E-state index contributed by atoms with van der Waals surface area (Å²) in [6, 6.07) is 14.1. The van der Waals surface area contributed by atoms with Crippen LogP contribution in [0.1, 0.15) is 25.8 Å². The summed E-state index contributed by atoms with van der Waals surface area (Å²) in [5, 5.41) is 6.74. The highest BCUT2D eigenvalue weighted by Crippen LogP contribution is 2.22. The van der Waals surface area contributed by atoms with Gasteiger partial charge < -0.3 is 15.4 Å². The molecule has 6 heteroatoms. The lowest BCUT2D eigenvalue weighted by atomic mass is 10.2. The van der Waals surface area contributed by atoms with Crippen molar-refractivity contribution in [3.63, 3.8) is 0 Å². The number of nitrogens with zero attached hydrogens (tertiary/aromatic N) is 3. The van der Waals surface area contributed by atoms with Gasteiger partial charge in [0.05, 0.1) is 12.8 Å². The third kappa shape index (κ3) is 5.17. The normalized spacial score (nSPS) is 11.7. The molecule has 2 N–H and O–H groups in total. The topological polar surface area (TPSA) is 72.0 Å². The maximum Gasteiger partial charge on any atom is 0.225 e. The Kier molecular flexibility index (Phi) is 6.20. The molecule has 0 bridgehead atoms. The van der Waals surface area contributed by atoms with Crippen LogP contribution in [0, 0.1) is 0 Å². The molecule has 0 aliphatic rings. The fraction of sp³-hybridized carbons (Fsp3) is 0.286. The van der Waals surface area contributed by atoms with E-state index in [9.17, 15) is 0 Å². The quantitative estimate of drug-likeness (QED) is 0.619. The molecule has 0 unspecified atom stereocenters. The monoisotopic (exact) mass is 363 g/mol. The summed E-state index contributed by atoms with van der Waals surface area (Å²) in [6.45, 7) is 4.89. The summed E-state index contributed by atoms with van der Waals surface area (Å²) in [6.07, 6.45) is 4.55. The van der Waals surface area contributed by atoms with Gasteiger partial charge in [0.15, 0.2) is 0 Å². The van der Waals surface area contributed by atoms with Gasteiger partial charge in [-0.2, -0.15) is 4.98 Å². The first-order valence-corrected chi connectivity index (χ1v) is 9.10. The second-order valence-electron chi connectivity index (χ2n) is 6.36. The lowest BCUT2D eigenvalue weighted by Gasteiger charge is -2.14. The molecule has 27 heavy (non-hydrogen) atoms. The van der Waals surface area contributed by atoms with Crippen LogP contribution in [0.2, 0.25) is 0 Å². The zero-order chi connectivity index (χ0) is 19.1. The minimum atomic E-state index is 0.292. The maximum absolute atomic E-state index is 5.29. The Bertz CT molecular complexity index is 869. The molecule has 0 aliphatic carbocycles. The Hall–Kier alpha value is -3.15. The molecule has 1 aromatic carbocycles. The van der Waals surface area contributed by atoms with E-state index in [0.29, 0.717) is 18.5 Å². The van der Waals surface area contributed by atoms with E-state index in [1.165, 1.54) is 0 Å². The van der Waals surface area contributed by atoms with E-state index in [4.69, 9.17) is 4.74 Å². The van der Waals surface area contributed by atoms with Crippen molar-refractivity contribution in [1.29, 1.82) is 0 Å². The van der Waals surface area contributed by atoms with Crippen LogP contribution in [0.5, 0.6) is 5.75 Å². The van der Waals surface area contributed by atoms with Crippen molar-refractivity contribution in [2.24, 2.45) is 0 Å². The van der Waals surface area contributed by atoms with Crippen molar-refractivity contribution in [1.82, 2.24) is 15.0 Å². The van der Waals surface area contributed by atoms with E-state index in [0.717, 1.165) is 34.8 Å². The lowest BCUT2D eigenvalue weighted by molar-refractivity contribution is 0.414. The Morgan fingerprint density at radius 2 is 2.00 bits per heavy atom. The third-order valence-corrected chi connectivity index (χ3v) is 4.28. The van der Waals surface area contributed by atoms with Gasteiger partial charge in [0, 0.05) is 36.6 Å². The van der Waals surface area contributed by atoms with Crippen molar-refractivity contribution in [2.45, 2.75) is 32.9 Å². The summed E-state index contributed by atoms with van der Waals surface area (Å²) in [5.41, 5.74) is 2.90. The van der Waals surface area contributed by atoms with Crippen molar-refractivity contribution in [3.8, 4) is 17.0 Å². The molecule has 3 rings (SSSR count). The fourth-order valence-corrected chi connectivity index (χ4v) is 2.56. The molecule has 0 saturated carbocycles. The van der Waals surface area contributed by atoms with Crippen LogP contribution in [0.3, 0.4) is 0 Å². The zero-order valence-corrected chi connectivity index (χ0v) is 15.9. The van der Waals surface area contributed by atoms with Gasteiger partial charge in [-0.25, -0.2) is 4.98 Å².